The molecule has 0 aliphatic carbocycles. The molecule has 96 valence electrons. The van der Waals surface area contributed by atoms with Gasteiger partial charge in [0, 0.05) is 18.0 Å². The Morgan fingerprint density at radius 1 is 1.39 bits per heavy atom. The molecule has 4 heteroatoms. The first kappa shape index (κ1) is 12.5. The molecule has 0 atom stereocenters. The van der Waals surface area contributed by atoms with Crippen LogP contribution in [-0.2, 0) is 4.79 Å². The molecule has 1 heterocycles. The number of carbonyl (C=O) groups is 1. The summed E-state index contributed by atoms with van der Waals surface area (Å²) in [6.45, 7) is 3.81. The Kier molecular flexibility index (Phi) is 3.03. The first-order chi connectivity index (χ1) is 8.42. The standard InChI is InChI=1S/C14H17NO3/c1-14(2,8-13(16)17)15(3)11-9-18-12-7-5-4-6-10(11)12/h4-7,9H,8H2,1-3H3,(H,16,17). The summed E-state index contributed by atoms with van der Waals surface area (Å²) < 4.78 is 5.48. The topological polar surface area (TPSA) is 53.7 Å². The van der Waals surface area contributed by atoms with Gasteiger partial charge in [0.1, 0.15) is 11.8 Å². The van der Waals surface area contributed by atoms with E-state index in [0.29, 0.717) is 0 Å². The molecule has 0 aliphatic heterocycles. The van der Waals surface area contributed by atoms with Crippen LogP contribution in [-0.4, -0.2) is 23.7 Å². The molecular formula is C14H17NO3. The zero-order valence-electron chi connectivity index (χ0n) is 10.8. The van der Waals surface area contributed by atoms with Gasteiger partial charge in [0.15, 0.2) is 0 Å². The van der Waals surface area contributed by atoms with Gasteiger partial charge in [0.25, 0.3) is 0 Å². The van der Waals surface area contributed by atoms with Crippen LogP contribution in [0.4, 0.5) is 5.69 Å². The van der Waals surface area contributed by atoms with Crippen LogP contribution in [0.5, 0.6) is 0 Å². The molecule has 2 aromatic rings. The number of hydrogen-bond donors (Lipinski definition) is 1. The maximum Gasteiger partial charge on any atom is 0.305 e. The van der Waals surface area contributed by atoms with Gasteiger partial charge in [-0.2, -0.15) is 0 Å². The van der Waals surface area contributed by atoms with Crippen LogP contribution in [0.15, 0.2) is 34.9 Å². The van der Waals surface area contributed by atoms with Crippen molar-refractivity contribution in [1.29, 1.82) is 0 Å². The molecule has 1 aromatic heterocycles. The van der Waals surface area contributed by atoms with E-state index in [1.807, 2.05) is 50.1 Å². The number of aliphatic carboxylic acids is 1. The van der Waals surface area contributed by atoms with Crippen LogP contribution in [0.2, 0.25) is 0 Å². The Labute approximate surface area is 106 Å². The normalized spacial score (nSPS) is 11.7. The smallest absolute Gasteiger partial charge is 0.305 e. The van der Waals surface area contributed by atoms with E-state index >= 15 is 0 Å². The molecule has 0 aliphatic rings. The van der Waals surface area contributed by atoms with Crippen molar-refractivity contribution in [3.05, 3.63) is 30.5 Å². The molecule has 2 rings (SSSR count). The van der Waals surface area contributed by atoms with Gasteiger partial charge in [-0.25, -0.2) is 0 Å². The summed E-state index contributed by atoms with van der Waals surface area (Å²) in [7, 11) is 1.89. The number of para-hydroxylation sites is 1. The van der Waals surface area contributed by atoms with Crippen LogP contribution >= 0.6 is 0 Å². The largest absolute Gasteiger partial charge is 0.481 e. The van der Waals surface area contributed by atoms with Gasteiger partial charge in [0.05, 0.1) is 12.1 Å². The number of fused-ring (bicyclic) bond motifs is 1. The zero-order chi connectivity index (χ0) is 13.3. The molecule has 0 spiro atoms. The monoisotopic (exact) mass is 247 g/mol. The van der Waals surface area contributed by atoms with Crippen molar-refractivity contribution in [3.8, 4) is 0 Å². The van der Waals surface area contributed by atoms with Gasteiger partial charge in [-0.15, -0.1) is 0 Å². The minimum Gasteiger partial charge on any atom is -0.481 e. The van der Waals surface area contributed by atoms with Gasteiger partial charge in [0.2, 0.25) is 0 Å². The Morgan fingerprint density at radius 2 is 2.06 bits per heavy atom. The lowest BCUT2D eigenvalue weighted by Crippen LogP contribution is -2.42. The molecule has 0 bridgehead atoms. The SMILES string of the molecule is CN(c1coc2ccccc12)C(C)(C)CC(=O)O. The summed E-state index contributed by atoms with van der Waals surface area (Å²) >= 11 is 0. The quantitative estimate of drug-likeness (QED) is 0.901. The van der Waals surface area contributed by atoms with Crippen LogP contribution in [0.25, 0.3) is 11.0 Å². The third-order valence-corrected chi connectivity index (χ3v) is 3.31. The Morgan fingerprint density at radius 3 is 2.72 bits per heavy atom. The number of benzene rings is 1. The lowest BCUT2D eigenvalue weighted by molar-refractivity contribution is -0.138. The van der Waals surface area contributed by atoms with Crippen LogP contribution in [0.1, 0.15) is 20.3 Å². The fourth-order valence-corrected chi connectivity index (χ4v) is 2.04. The number of anilines is 1. The summed E-state index contributed by atoms with van der Waals surface area (Å²) in [5, 5.41) is 9.96. The predicted octanol–water partition coefficient (Wildman–Crippen LogP) is 3.12. The molecule has 4 nitrogen and oxygen atoms in total. The minimum atomic E-state index is -0.806. The van der Waals surface area contributed by atoms with Crippen molar-refractivity contribution in [1.82, 2.24) is 0 Å². The second-order valence-electron chi connectivity index (χ2n) is 5.06. The highest BCUT2D eigenvalue weighted by Crippen LogP contribution is 2.33. The highest BCUT2D eigenvalue weighted by molar-refractivity contribution is 5.91. The number of furan rings is 1. The van der Waals surface area contributed by atoms with E-state index in [0.717, 1.165) is 16.7 Å². The van der Waals surface area contributed by atoms with Crippen molar-refractivity contribution in [3.63, 3.8) is 0 Å². The summed E-state index contributed by atoms with van der Waals surface area (Å²) in [5.74, 6) is -0.806. The van der Waals surface area contributed by atoms with E-state index in [-0.39, 0.29) is 6.42 Å². The zero-order valence-corrected chi connectivity index (χ0v) is 10.8. The lowest BCUT2D eigenvalue weighted by atomic mass is 9.98. The molecule has 0 saturated carbocycles. The van der Waals surface area contributed by atoms with Gasteiger partial charge in [-0.3, -0.25) is 4.79 Å². The number of carboxylic acid groups (broad SMARTS) is 1. The molecule has 0 unspecified atom stereocenters. The van der Waals surface area contributed by atoms with E-state index in [2.05, 4.69) is 0 Å². The second kappa shape index (κ2) is 4.37. The highest BCUT2D eigenvalue weighted by Gasteiger charge is 2.28. The van der Waals surface area contributed by atoms with Crippen molar-refractivity contribution in [2.75, 3.05) is 11.9 Å². The van der Waals surface area contributed by atoms with E-state index in [4.69, 9.17) is 9.52 Å². The Bertz CT molecular complexity index is 571. The van der Waals surface area contributed by atoms with Crippen molar-refractivity contribution < 1.29 is 14.3 Å². The van der Waals surface area contributed by atoms with Crippen LogP contribution in [0.3, 0.4) is 0 Å². The predicted molar refractivity (Wildman–Crippen MR) is 70.9 cm³/mol. The number of rotatable bonds is 4. The van der Waals surface area contributed by atoms with E-state index in [1.165, 1.54) is 0 Å². The van der Waals surface area contributed by atoms with Gasteiger partial charge >= 0.3 is 5.97 Å². The summed E-state index contributed by atoms with van der Waals surface area (Å²) in [4.78, 5) is 12.9. The maximum absolute atomic E-state index is 10.9. The molecule has 0 fully saturated rings. The molecule has 0 saturated heterocycles. The summed E-state index contributed by atoms with van der Waals surface area (Å²) in [6.07, 6.45) is 1.75. The number of carboxylic acids is 1. The van der Waals surface area contributed by atoms with Crippen molar-refractivity contribution in [2.45, 2.75) is 25.8 Å². The van der Waals surface area contributed by atoms with Gasteiger partial charge in [-0.1, -0.05) is 12.1 Å². The first-order valence-electron chi connectivity index (χ1n) is 5.84. The minimum absolute atomic E-state index is 0.0724. The van der Waals surface area contributed by atoms with Gasteiger partial charge in [-0.05, 0) is 26.0 Å². The van der Waals surface area contributed by atoms with Crippen molar-refractivity contribution >= 4 is 22.6 Å². The Hall–Kier alpha value is -1.97. The average molecular weight is 247 g/mol. The molecule has 1 aromatic carbocycles. The number of hydrogen-bond acceptors (Lipinski definition) is 3. The third-order valence-electron chi connectivity index (χ3n) is 3.31. The summed E-state index contributed by atoms with van der Waals surface area (Å²) in [5.41, 5.74) is 1.25. The molecular weight excluding hydrogens is 230 g/mol. The van der Waals surface area contributed by atoms with Crippen LogP contribution < -0.4 is 4.90 Å². The Balaban J connectivity index is 2.39. The first-order valence-corrected chi connectivity index (χ1v) is 5.84. The summed E-state index contributed by atoms with van der Waals surface area (Å²) in [6, 6.07) is 7.73. The molecule has 0 amide bonds. The van der Waals surface area contributed by atoms with E-state index < -0.39 is 11.5 Å². The van der Waals surface area contributed by atoms with E-state index in [9.17, 15) is 4.79 Å². The molecule has 18 heavy (non-hydrogen) atoms. The molecule has 1 N–H and O–H groups in total. The van der Waals surface area contributed by atoms with Gasteiger partial charge < -0.3 is 14.4 Å². The van der Waals surface area contributed by atoms with E-state index in [1.54, 1.807) is 6.26 Å². The maximum atomic E-state index is 10.9. The molecule has 0 radical (unpaired) electrons. The van der Waals surface area contributed by atoms with Crippen molar-refractivity contribution in [2.24, 2.45) is 0 Å². The second-order valence-corrected chi connectivity index (χ2v) is 5.06. The average Bonchev–Trinajstić information content (AvgIpc) is 2.69. The highest BCUT2D eigenvalue weighted by atomic mass is 16.4. The fourth-order valence-electron chi connectivity index (χ4n) is 2.04. The lowest BCUT2D eigenvalue weighted by Gasteiger charge is -2.35. The third kappa shape index (κ3) is 2.18. The number of nitrogens with zero attached hydrogens (tertiary/aromatic N) is 1. The fraction of sp³-hybridized carbons (Fsp3) is 0.357. The van der Waals surface area contributed by atoms with Crippen LogP contribution in [0, 0.1) is 0 Å².